The Morgan fingerprint density at radius 3 is 2.50 bits per heavy atom. The van der Waals surface area contributed by atoms with Crippen molar-refractivity contribution in [2.24, 2.45) is 0 Å². The number of benzene rings is 1. The number of hydrogen-bond acceptors (Lipinski definition) is 2. The van der Waals surface area contributed by atoms with Crippen LogP contribution in [0, 0.1) is 0 Å². The van der Waals surface area contributed by atoms with Crippen molar-refractivity contribution >= 4 is 23.2 Å². The second-order valence-electron chi connectivity index (χ2n) is 5.63. The Balaban J connectivity index is 1.92. The zero-order chi connectivity index (χ0) is 14.5. The van der Waals surface area contributed by atoms with E-state index >= 15 is 0 Å². The Hall–Kier alpha value is -0.280. The van der Waals surface area contributed by atoms with E-state index in [0.717, 1.165) is 13.0 Å². The number of nitrogens with zero attached hydrogens (tertiary/aromatic N) is 1. The molecule has 2 atom stereocenters. The fourth-order valence-electron chi connectivity index (χ4n) is 2.85. The average Bonchev–Trinajstić information content (AvgIpc) is 2.97. The quantitative estimate of drug-likeness (QED) is 0.830. The monoisotopic (exact) mass is 314 g/mol. The Labute approximate surface area is 132 Å². The number of likely N-dealkylation sites (tertiary alicyclic amines) is 1. The number of hydrogen-bond donors (Lipinski definition) is 1. The van der Waals surface area contributed by atoms with Crippen LogP contribution in [0.15, 0.2) is 18.2 Å². The van der Waals surface area contributed by atoms with Crippen LogP contribution >= 0.6 is 23.2 Å². The maximum atomic E-state index is 6.11. The van der Waals surface area contributed by atoms with Crippen LogP contribution in [0.3, 0.4) is 0 Å². The molecule has 2 nitrogen and oxygen atoms in total. The van der Waals surface area contributed by atoms with Gasteiger partial charge >= 0.3 is 0 Å². The van der Waals surface area contributed by atoms with E-state index in [0.29, 0.717) is 22.1 Å². The van der Waals surface area contributed by atoms with Crippen LogP contribution in [0.1, 0.15) is 44.7 Å². The Bertz CT molecular complexity index is 430. The van der Waals surface area contributed by atoms with Crippen molar-refractivity contribution in [2.45, 2.75) is 45.2 Å². The minimum absolute atomic E-state index is 0.342. The molecule has 2 rings (SSSR count). The summed E-state index contributed by atoms with van der Waals surface area (Å²) in [6.45, 7) is 8.00. The van der Waals surface area contributed by atoms with E-state index in [-0.39, 0.29) is 0 Å². The molecule has 0 aliphatic carbocycles. The van der Waals surface area contributed by atoms with Crippen LogP contribution in [0.25, 0.3) is 0 Å². The van der Waals surface area contributed by atoms with E-state index in [4.69, 9.17) is 23.2 Å². The van der Waals surface area contributed by atoms with Gasteiger partial charge in [0.1, 0.15) is 0 Å². The maximum absolute atomic E-state index is 6.11. The SMILES string of the molecule is CCC(NCC(C)N1CCCC1)c1ccc(Cl)c(Cl)c1. The fraction of sp³-hybridized carbons (Fsp3) is 0.625. The zero-order valence-corrected chi connectivity index (χ0v) is 13.8. The van der Waals surface area contributed by atoms with E-state index in [2.05, 4.69) is 30.1 Å². The first-order valence-corrected chi connectivity index (χ1v) is 8.29. The van der Waals surface area contributed by atoms with Crippen molar-refractivity contribution in [2.75, 3.05) is 19.6 Å². The molecule has 1 aliphatic heterocycles. The number of halogens is 2. The molecular weight excluding hydrogens is 291 g/mol. The molecule has 1 aromatic carbocycles. The van der Waals surface area contributed by atoms with Gasteiger partial charge in [0, 0.05) is 18.6 Å². The molecule has 1 N–H and O–H groups in total. The van der Waals surface area contributed by atoms with Crippen molar-refractivity contribution in [1.29, 1.82) is 0 Å². The standard InChI is InChI=1S/C16H24Cl2N2/c1-3-16(13-6-7-14(17)15(18)10-13)19-11-12(2)20-8-4-5-9-20/h6-7,10,12,16,19H,3-5,8-9,11H2,1-2H3. The van der Waals surface area contributed by atoms with Gasteiger partial charge in [0.2, 0.25) is 0 Å². The van der Waals surface area contributed by atoms with Gasteiger partial charge in [0.15, 0.2) is 0 Å². The summed E-state index contributed by atoms with van der Waals surface area (Å²) >= 11 is 12.1. The van der Waals surface area contributed by atoms with Crippen LogP contribution in [0.2, 0.25) is 10.0 Å². The van der Waals surface area contributed by atoms with Crippen LogP contribution in [-0.4, -0.2) is 30.6 Å². The molecule has 0 spiro atoms. The molecule has 0 amide bonds. The average molecular weight is 315 g/mol. The minimum atomic E-state index is 0.342. The smallest absolute Gasteiger partial charge is 0.0595 e. The number of nitrogens with one attached hydrogen (secondary N) is 1. The first-order valence-electron chi connectivity index (χ1n) is 7.54. The van der Waals surface area contributed by atoms with Crippen molar-refractivity contribution in [1.82, 2.24) is 10.2 Å². The molecule has 1 aliphatic rings. The van der Waals surface area contributed by atoms with Crippen molar-refractivity contribution < 1.29 is 0 Å². The van der Waals surface area contributed by atoms with Crippen LogP contribution in [-0.2, 0) is 0 Å². The fourth-order valence-corrected chi connectivity index (χ4v) is 3.16. The third-order valence-electron chi connectivity index (χ3n) is 4.18. The summed E-state index contributed by atoms with van der Waals surface area (Å²) in [6.07, 6.45) is 3.73. The Kier molecular flexibility index (Phi) is 6.16. The summed E-state index contributed by atoms with van der Waals surface area (Å²) in [4.78, 5) is 2.56. The molecule has 1 aromatic rings. The molecule has 0 radical (unpaired) electrons. The lowest BCUT2D eigenvalue weighted by Crippen LogP contribution is -2.39. The summed E-state index contributed by atoms with van der Waals surface area (Å²) in [6, 6.07) is 6.86. The van der Waals surface area contributed by atoms with Crippen LogP contribution in [0.4, 0.5) is 0 Å². The lowest BCUT2D eigenvalue weighted by atomic mass is 10.0. The second kappa shape index (κ2) is 7.65. The highest BCUT2D eigenvalue weighted by Crippen LogP contribution is 2.27. The third kappa shape index (κ3) is 4.11. The van der Waals surface area contributed by atoms with Crippen molar-refractivity contribution in [3.8, 4) is 0 Å². The van der Waals surface area contributed by atoms with E-state index in [9.17, 15) is 0 Å². The molecule has 1 saturated heterocycles. The van der Waals surface area contributed by atoms with Crippen LogP contribution in [0.5, 0.6) is 0 Å². The normalized spacial score (nSPS) is 19.2. The van der Waals surface area contributed by atoms with E-state index in [1.165, 1.54) is 31.5 Å². The largest absolute Gasteiger partial charge is 0.308 e. The van der Waals surface area contributed by atoms with Gasteiger partial charge in [-0.25, -0.2) is 0 Å². The Morgan fingerprint density at radius 2 is 1.90 bits per heavy atom. The summed E-state index contributed by atoms with van der Waals surface area (Å²) in [5.41, 5.74) is 1.22. The topological polar surface area (TPSA) is 15.3 Å². The van der Waals surface area contributed by atoms with Gasteiger partial charge in [-0.1, -0.05) is 36.2 Å². The molecular formula is C16H24Cl2N2. The highest BCUT2D eigenvalue weighted by atomic mass is 35.5. The number of rotatable bonds is 6. The van der Waals surface area contributed by atoms with Gasteiger partial charge in [0.05, 0.1) is 10.0 Å². The predicted molar refractivity (Wildman–Crippen MR) is 87.8 cm³/mol. The summed E-state index contributed by atoms with van der Waals surface area (Å²) in [7, 11) is 0. The van der Waals surface area contributed by atoms with E-state index < -0.39 is 0 Å². The highest BCUT2D eigenvalue weighted by molar-refractivity contribution is 6.42. The van der Waals surface area contributed by atoms with Crippen molar-refractivity contribution in [3.05, 3.63) is 33.8 Å². The molecule has 4 heteroatoms. The molecule has 0 saturated carbocycles. The first-order chi connectivity index (χ1) is 9.61. The molecule has 2 unspecified atom stereocenters. The minimum Gasteiger partial charge on any atom is -0.308 e. The molecule has 20 heavy (non-hydrogen) atoms. The first kappa shape index (κ1) is 16.1. The van der Waals surface area contributed by atoms with Crippen molar-refractivity contribution in [3.63, 3.8) is 0 Å². The summed E-state index contributed by atoms with van der Waals surface area (Å²) in [5.74, 6) is 0. The van der Waals surface area contributed by atoms with Gasteiger partial charge < -0.3 is 5.32 Å². The lowest BCUT2D eigenvalue weighted by Gasteiger charge is -2.27. The highest BCUT2D eigenvalue weighted by Gasteiger charge is 2.19. The van der Waals surface area contributed by atoms with E-state index in [1.54, 1.807) is 0 Å². The van der Waals surface area contributed by atoms with Gasteiger partial charge in [-0.3, -0.25) is 4.90 Å². The molecule has 1 heterocycles. The van der Waals surface area contributed by atoms with Gasteiger partial charge in [-0.2, -0.15) is 0 Å². The predicted octanol–water partition coefficient (Wildman–Crippen LogP) is 4.52. The lowest BCUT2D eigenvalue weighted by molar-refractivity contribution is 0.245. The Morgan fingerprint density at radius 1 is 1.20 bits per heavy atom. The molecule has 1 fully saturated rings. The van der Waals surface area contributed by atoms with Gasteiger partial charge in [-0.05, 0) is 57.0 Å². The molecule has 112 valence electrons. The maximum Gasteiger partial charge on any atom is 0.0595 e. The van der Waals surface area contributed by atoms with Gasteiger partial charge in [-0.15, -0.1) is 0 Å². The van der Waals surface area contributed by atoms with Crippen LogP contribution < -0.4 is 5.32 Å². The van der Waals surface area contributed by atoms with Gasteiger partial charge in [0.25, 0.3) is 0 Å². The second-order valence-corrected chi connectivity index (χ2v) is 6.45. The zero-order valence-electron chi connectivity index (χ0n) is 12.3. The summed E-state index contributed by atoms with van der Waals surface area (Å²) < 4.78 is 0. The van der Waals surface area contributed by atoms with E-state index in [1.807, 2.05) is 12.1 Å². The molecule has 0 aromatic heterocycles. The summed E-state index contributed by atoms with van der Waals surface area (Å²) in [5, 5.41) is 4.92. The third-order valence-corrected chi connectivity index (χ3v) is 4.92. The molecule has 0 bridgehead atoms.